The van der Waals surface area contributed by atoms with Crippen LogP contribution in [0, 0.1) is 0 Å². The maximum absolute atomic E-state index is 11.3. The molecule has 0 amide bonds. The molecule has 0 saturated heterocycles. The minimum Gasteiger partial charge on any atom is -0.490 e. The third-order valence-electron chi connectivity index (χ3n) is 7.22. The molecule has 0 aliphatic heterocycles. The van der Waals surface area contributed by atoms with E-state index in [-0.39, 0.29) is 11.5 Å². The molecule has 2 saturated carbocycles. The summed E-state index contributed by atoms with van der Waals surface area (Å²) in [5.74, 6) is 0.750. The van der Waals surface area contributed by atoms with Gasteiger partial charge in [-0.05, 0) is 91.5 Å². The maximum atomic E-state index is 11.3. The van der Waals surface area contributed by atoms with Gasteiger partial charge in [-0.25, -0.2) is 0 Å². The van der Waals surface area contributed by atoms with Crippen LogP contribution in [0.4, 0.5) is 0 Å². The van der Waals surface area contributed by atoms with Crippen molar-refractivity contribution in [2.24, 2.45) is 0 Å². The average molecular weight is 540 g/mol. The van der Waals surface area contributed by atoms with Crippen LogP contribution in [-0.2, 0) is 28.0 Å². The zero-order valence-corrected chi connectivity index (χ0v) is 22.6. The van der Waals surface area contributed by atoms with E-state index in [0.29, 0.717) is 29.1 Å². The molecule has 0 unspecified atom stereocenters. The van der Waals surface area contributed by atoms with Crippen molar-refractivity contribution in [1.29, 1.82) is 0 Å². The highest BCUT2D eigenvalue weighted by molar-refractivity contribution is 6.34. The number of methoxy groups -OCH3 is 1. The minimum atomic E-state index is -0.185. The third-order valence-corrected chi connectivity index (χ3v) is 7.92. The molecule has 0 bridgehead atoms. The number of carbonyl (C=O) groups excluding carboxylic acids is 1. The second-order valence-corrected chi connectivity index (χ2v) is 10.8. The number of rotatable bonds is 12. The van der Waals surface area contributed by atoms with Crippen molar-refractivity contribution in [2.45, 2.75) is 69.6 Å². The highest BCUT2D eigenvalue weighted by atomic mass is 35.5. The lowest BCUT2D eigenvalue weighted by atomic mass is 9.94. The number of para-hydroxylation sites is 1. The van der Waals surface area contributed by atoms with E-state index in [9.17, 15) is 4.79 Å². The molecule has 2 fully saturated rings. The number of unbranched alkanes of at least 4 members (excludes halogenated alkanes) is 1. The molecule has 2 aliphatic carbocycles. The smallest absolute Gasteiger partial charge is 0.305 e. The summed E-state index contributed by atoms with van der Waals surface area (Å²) in [6.45, 7) is 0.607. The summed E-state index contributed by atoms with van der Waals surface area (Å²) in [6.07, 6.45) is 11.3. The first kappa shape index (κ1) is 26.0. The van der Waals surface area contributed by atoms with E-state index in [4.69, 9.17) is 32.7 Å². The zero-order valence-electron chi connectivity index (χ0n) is 21.1. The minimum absolute atomic E-state index is 0.154. The van der Waals surface area contributed by atoms with E-state index in [1.807, 2.05) is 30.6 Å². The lowest BCUT2D eigenvalue weighted by Gasteiger charge is -2.23. The predicted octanol–water partition coefficient (Wildman–Crippen LogP) is 7.26. The van der Waals surface area contributed by atoms with Gasteiger partial charge >= 0.3 is 5.97 Å². The lowest BCUT2D eigenvalue weighted by molar-refractivity contribution is -0.140. The number of aromatic nitrogens is 1. The van der Waals surface area contributed by atoms with Crippen molar-refractivity contribution in [3.8, 4) is 16.9 Å². The van der Waals surface area contributed by atoms with Crippen LogP contribution in [0.3, 0.4) is 0 Å². The van der Waals surface area contributed by atoms with Gasteiger partial charge in [0.15, 0.2) is 0 Å². The van der Waals surface area contributed by atoms with Crippen molar-refractivity contribution in [2.75, 3.05) is 7.11 Å². The lowest BCUT2D eigenvalue weighted by Crippen LogP contribution is -2.29. The second-order valence-electron chi connectivity index (χ2n) is 9.99. The van der Waals surface area contributed by atoms with E-state index in [0.717, 1.165) is 72.9 Å². The number of nitrogens with one attached hydrogen (secondary N) is 1. The Kier molecular flexibility index (Phi) is 8.04. The number of pyridine rings is 1. The summed E-state index contributed by atoms with van der Waals surface area (Å²) in [4.78, 5) is 15.8. The van der Waals surface area contributed by atoms with Crippen molar-refractivity contribution in [3.05, 3.63) is 81.6 Å². The number of aryl methyl sites for hydroxylation is 1. The fraction of sp³-hybridized carbons (Fsp3) is 0.400. The van der Waals surface area contributed by atoms with Crippen LogP contribution in [0.2, 0.25) is 10.0 Å². The molecule has 2 aliphatic rings. The van der Waals surface area contributed by atoms with Crippen LogP contribution in [0.25, 0.3) is 11.1 Å². The normalized spacial score (nSPS) is 15.9. The van der Waals surface area contributed by atoms with Crippen LogP contribution in [0.5, 0.6) is 5.75 Å². The van der Waals surface area contributed by atoms with Gasteiger partial charge in [-0.1, -0.05) is 41.4 Å². The molecule has 0 spiro atoms. The van der Waals surface area contributed by atoms with Crippen LogP contribution < -0.4 is 10.1 Å². The highest BCUT2D eigenvalue weighted by Gasteiger charge is 2.46. The molecule has 194 valence electrons. The highest BCUT2D eigenvalue weighted by Crippen LogP contribution is 2.50. The molecule has 1 heterocycles. The largest absolute Gasteiger partial charge is 0.490 e. The quantitative estimate of drug-likeness (QED) is 0.194. The maximum Gasteiger partial charge on any atom is 0.305 e. The summed E-state index contributed by atoms with van der Waals surface area (Å²) < 4.78 is 10.9. The molecule has 7 heteroatoms. The zero-order chi connectivity index (χ0) is 25.8. The van der Waals surface area contributed by atoms with Gasteiger partial charge in [0.1, 0.15) is 5.75 Å². The van der Waals surface area contributed by atoms with Gasteiger partial charge in [0.2, 0.25) is 0 Å². The topological polar surface area (TPSA) is 60.5 Å². The van der Waals surface area contributed by atoms with Gasteiger partial charge in [-0.15, -0.1) is 0 Å². The molecule has 1 aromatic heterocycles. The summed E-state index contributed by atoms with van der Waals surface area (Å²) in [7, 11) is 1.41. The van der Waals surface area contributed by atoms with Gasteiger partial charge in [0.25, 0.3) is 0 Å². The fourth-order valence-electron chi connectivity index (χ4n) is 4.74. The summed E-state index contributed by atoms with van der Waals surface area (Å²) in [5, 5.41) is 5.17. The number of halogens is 2. The number of ether oxygens (including phenoxy) is 2. The van der Waals surface area contributed by atoms with Crippen molar-refractivity contribution < 1.29 is 14.3 Å². The number of esters is 1. The van der Waals surface area contributed by atoms with Crippen molar-refractivity contribution >= 4 is 29.2 Å². The molecule has 5 nitrogen and oxygen atoms in total. The first-order chi connectivity index (χ1) is 18.0. The molecular formula is C30H32Cl2N2O3. The number of nitrogens with zero attached hydrogens (tertiary/aromatic N) is 1. The Hall–Kier alpha value is -2.60. The molecule has 3 aromatic rings. The molecule has 37 heavy (non-hydrogen) atoms. The fourth-order valence-corrected chi connectivity index (χ4v) is 5.28. The monoisotopic (exact) mass is 538 g/mol. The molecular weight excluding hydrogens is 507 g/mol. The van der Waals surface area contributed by atoms with E-state index < -0.39 is 0 Å². The number of hydrogen-bond donors (Lipinski definition) is 1. The number of carbonyl (C=O) groups is 1. The standard InChI is InChI=1S/C30H32Cl2N2O3/c1-36-29(35)9-5-2-6-20-16-27(32)21(17-26(20)31)18-34-30(13-14-30)25-19-33-15-12-23(25)24-7-3-4-8-28(24)37-22-10-11-22/h3-4,7-8,12,15-17,19,22,34H,2,5-6,9-11,13-14,18H2,1H3. The molecule has 1 N–H and O–H groups in total. The summed E-state index contributed by atoms with van der Waals surface area (Å²) in [5.41, 5.74) is 5.27. The Morgan fingerprint density at radius 2 is 1.81 bits per heavy atom. The van der Waals surface area contributed by atoms with Gasteiger partial charge in [-0.2, -0.15) is 0 Å². The molecule has 0 radical (unpaired) electrons. The van der Waals surface area contributed by atoms with Crippen LogP contribution >= 0.6 is 23.2 Å². The van der Waals surface area contributed by atoms with Crippen LogP contribution in [0.1, 0.15) is 61.6 Å². The SMILES string of the molecule is COC(=O)CCCCc1cc(Cl)c(CNC2(c3cnccc3-c3ccccc3OC3CC3)CC2)cc1Cl. The Balaban J connectivity index is 1.29. The Labute approximate surface area is 228 Å². The molecule has 0 atom stereocenters. The second kappa shape index (κ2) is 11.4. The van der Waals surface area contributed by atoms with E-state index in [1.54, 1.807) is 0 Å². The van der Waals surface area contributed by atoms with Crippen molar-refractivity contribution in [3.63, 3.8) is 0 Å². The number of hydrogen-bond acceptors (Lipinski definition) is 5. The Bertz CT molecular complexity index is 1270. The van der Waals surface area contributed by atoms with Crippen LogP contribution in [0.15, 0.2) is 54.9 Å². The van der Waals surface area contributed by atoms with E-state index in [2.05, 4.69) is 34.6 Å². The number of benzene rings is 2. The average Bonchev–Trinajstić information content (AvgIpc) is 3.85. The summed E-state index contributed by atoms with van der Waals surface area (Å²) >= 11 is 13.3. The van der Waals surface area contributed by atoms with Gasteiger partial charge < -0.3 is 14.8 Å². The van der Waals surface area contributed by atoms with Gasteiger partial charge in [0, 0.05) is 46.5 Å². The Morgan fingerprint density at radius 1 is 1.05 bits per heavy atom. The van der Waals surface area contributed by atoms with Gasteiger partial charge in [-0.3, -0.25) is 9.78 Å². The Morgan fingerprint density at radius 3 is 2.57 bits per heavy atom. The van der Waals surface area contributed by atoms with Crippen molar-refractivity contribution in [1.82, 2.24) is 10.3 Å². The van der Waals surface area contributed by atoms with Gasteiger partial charge in [0.05, 0.1) is 13.2 Å². The van der Waals surface area contributed by atoms with Crippen LogP contribution in [-0.4, -0.2) is 24.2 Å². The first-order valence-corrected chi connectivity index (χ1v) is 13.7. The molecule has 2 aromatic carbocycles. The first-order valence-electron chi connectivity index (χ1n) is 13.0. The summed E-state index contributed by atoms with van der Waals surface area (Å²) in [6, 6.07) is 14.3. The molecule has 5 rings (SSSR count). The third kappa shape index (κ3) is 6.28. The predicted molar refractivity (Wildman–Crippen MR) is 147 cm³/mol. The van der Waals surface area contributed by atoms with E-state index >= 15 is 0 Å². The van der Waals surface area contributed by atoms with E-state index in [1.165, 1.54) is 12.7 Å².